The number of halogens is 1. The van der Waals surface area contributed by atoms with E-state index in [9.17, 15) is 4.79 Å². The van der Waals surface area contributed by atoms with Crippen molar-refractivity contribution in [3.8, 4) is 11.5 Å². The van der Waals surface area contributed by atoms with Gasteiger partial charge in [0.15, 0.2) is 11.5 Å². The third-order valence-corrected chi connectivity index (χ3v) is 2.76. The number of benzene rings is 1. The van der Waals surface area contributed by atoms with E-state index in [0.717, 1.165) is 0 Å². The molecule has 0 radical (unpaired) electrons. The predicted molar refractivity (Wildman–Crippen MR) is 72.4 cm³/mol. The van der Waals surface area contributed by atoms with Gasteiger partial charge in [0.05, 0.1) is 14.2 Å². The van der Waals surface area contributed by atoms with Crippen LogP contribution in [0.15, 0.2) is 16.6 Å². The van der Waals surface area contributed by atoms with Crippen LogP contribution in [0.2, 0.25) is 0 Å². The molecule has 100 valence electrons. The highest BCUT2D eigenvalue weighted by molar-refractivity contribution is 9.10. The highest BCUT2D eigenvalue weighted by Gasteiger charge is 2.25. The molecule has 0 saturated heterocycles. The number of hydrogen-bond donors (Lipinski definition) is 0. The van der Waals surface area contributed by atoms with Crippen molar-refractivity contribution in [2.75, 3.05) is 14.2 Å². The largest absolute Gasteiger partial charge is 0.493 e. The summed E-state index contributed by atoms with van der Waals surface area (Å²) in [6, 6.07) is 3.44. The van der Waals surface area contributed by atoms with E-state index in [0.29, 0.717) is 21.5 Å². The first-order valence-corrected chi connectivity index (χ1v) is 6.23. The fraction of sp³-hybridized carbons (Fsp3) is 0.462. The molecule has 0 heterocycles. The van der Waals surface area contributed by atoms with Gasteiger partial charge in [0, 0.05) is 4.47 Å². The first-order valence-electron chi connectivity index (χ1n) is 5.44. The molecule has 1 aromatic carbocycles. The molecule has 0 fully saturated rings. The van der Waals surface area contributed by atoms with E-state index < -0.39 is 11.6 Å². The van der Waals surface area contributed by atoms with Gasteiger partial charge < -0.3 is 14.2 Å². The van der Waals surface area contributed by atoms with Crippen LogP contribution in [0.25, 0.3) is 0 Å². The minimum absolute atomic E-state index is 0.326. The number of methoxy groups -OCH3 is 2. The third kappa shape index (κ3) is 3.38. The Hall–Kier alpha value is -1.23. The van der Waals surface area contributed by atoms with Crippen LogP contribution in [0.5, 0.6) is 11.5 Å². The van der Waals surface area contributed by atoms with Crippen LogP contribution in [-0.4, -0.2) is 25.8 Å². The molecule has 0 unspecified atom stereocenters. The van der Waals surface area contributed by atoms with Crippen LogP contribution in [-0.2, 0) is 4.74 Å². The lowest BCUT2D eigenvalue weighted by atomic mass is 10.1. The van der Waals surface area contributed by atoms with Gasteiger partial charge in [-0.15, -0.1) is 0 Å². The van der Waals surface area contributed by atoms with Gasteiger partial charge in [0.25, 0.3) is 0 Å². The van der Waals surface area contributed by atoms with Gasteiger partial charge in [-0.05, 0) is 48.8 Å². The molecule has 1 rings (SSSR count). The normalized spacial score (nSPS) is 11.0. The minimum atomic E-state index is -0.565. The maximum Gasteiger partial charge on any atom is 0.343 e. The van der Waals surface area contributed by atoms with Crippen molar-refractivity contribution in [1.29, 1.82) is 0 Å². The molecular weight excluding hydrogens is 300 g/mol. The molecule has 0 saturated carbocycles. The van der Waals surface area contributed by atoms with Gasteiger partial charge >= 0.3 is 5.97 Å². The highest BCUT2D eigenvalue weighted by atomic mass is 79.9. The third-order valence-electron chi connectivity index (χ3n) is 2.10. The van der Waals surface area contributed by atoms with E-state index in [1.807, 2.05) is 20.8 Å². The summed E-state index contributed by atoms with van der Waals surface area (Å²) >= 11 is 3.32. The van der Waals surface area contributed by atoms with Gasteiger partial charge in [0.1, 0.15) is 11.2 Å². The standard InChI is InChI=1S/C13H17BrO4/c1-13(2,3)18-12(15)10-8(14)6-7-9(16-4)11(10)17-5/h6-7H,1-5H3. The van der Waals surface area contributed by atoms with Crippen LogP contribution < -0.4 is 9.47 Å². The lowest BCUT2D eigenvalue weighted by molar-refractivity contribution is 0.00649. The van der Waals surface area contributed by atoms with Crippen molar-refractivity contribution < 1.29 is 19.0 Å². The number of hydrogen-bond acceptors (Lipinski definition) is 4. The second kappa shape index (κ2) is 5.61. The number of esters is 1. The van der Waals surface area contributed by atoms with Crippen molar-refractivity contribution in [1.82, 2.24) is 0 Å². The molecule has 18 heavy (non-hydrogen) atoms. The van der Waals surface area contributed by atoms with Crippen LogP contribution in [0.1, 0.15) is 31.1 Å². The Kier molecular flexibility index (Phi) is 4.62. The van der Waals surface area contributed by atoms with E-state index in [-0.39, 0.29) is 0 Å². The van der Waals surface area contributed by atoms with Gasteiger partial charge in [-0.2, -0.15) is 0 Å². The summed E-state index contributed by atoms with van der Waals surface area (Å²) in [5.41, 5.74) is -0.239. The van der Waals surface area contributed by atoms with Crippen molar-refractivity contribution in [2.45, 2.75) is 26.4 Å². The zero-order valence-electron chi connectivity index (χ0n) is 11.2. The molecule has 0 amide bonds. The average molecular weight is 317 g/mol. The summed E-state index contributed by atoms with van der Waals surface area (Å²) in [7, 11) is 3.00. The molecular formula is C13H17BrO4. The van der Waals surface area contributed by atoms with Crippen LogP contribution in [0.4, 0.5) is 0 Å². The Morgan fingerprint density at radius 2 is 1.78 bits per heavy atom. The number of carbonyl (C=O) groups excluding carboxylic acids is 1. The smallest absolute Gasteiger partial charge is 0.343 e. The van der Waals surface area contributed by atoms with Crippen LogP contribution >= 0.6 is 15.9 Å². The van der Waals surface area contributed by atoms with Gasteiger partial charge in [-0.1, -0.05) is 0 Å². The molecule has 0 aliphatic carbocycles. The van der Waals surface area contributed by atoms with E-state index in [2.05, 4.69) is 15.9 Å². The van der Waals surface area contributed by atoms with E-state index in [4.69, 9.17) is 14.2 Å². The Morgan fingerprint density at radius 3 is 2.22 bits per heavy atom. The number of ether oxygens (including phenoxy) is 3. The maximum absolute atomic E-state index is 12.1. The molecule has 4 nitrogen and oxygen atoms in total. The molecule has 0 aliphatic rings. The molecule has 5 heteroatoms. The fourth-order valence-corrected chi connectivity index (χ4v) is 1.90. The molecule has 0 aliphatic heterocycles. The maximum atomic E-state index is 12.1. The Morgan fingerprint density at radius 1 is 1.17 bits per heavy atom. The minimum Gasteiger partial charge on any atom is -0.493 e. The molecule has 0 spiro atoms. The zero-order valence-corrected chi connectivity index (χ0v) is 12.8. The first kappa shape index (κ1) is 14.8. The zero-order chi connectivity index (χ0) is 13.9. The lowest BCUT2D eigenvalue weighted by Gasteiger charge is -2.21. The van der Waals surface area contributed by atoms with Gasteiger partial charge in [0.2, 0.25) is 0 Å². The quantitative estimate of drug-likeness (QED) is 0.801. The predicted octanol–water partition coefficient (Wildman–Crippen LogP) is 3.42. The molecule has 0 atom stereocenters. The first-order chi connectivity index (χ1) is 8.30. The van der Waals surface area contributed by atoms with Gasteiger partial charge in [-0.25, -0.2) is 4.79 Å². The molecule has 0 bridgehead atoms. The molecule has 0 aromatic heterocycles. The second-order valence-electron chi connectivity index (χ2n) is 4.66. The number of rotatable bonds is 3. The van der Waals surface area contributed by atoms with Gasteiger partial charge in [-0.3, -0.25) is 0 Å². The molecule has 0 N–H and O–H groups in total. The van der Waals surface area contributed by atoms with Crippen molar-refractivity contribution in [3.63, 3.8) is 0 Å². The number of carbonyl (C=O) groups is 1. The van der Waals surface area contributed by atoms with Crippen molar-refractivity contribution in [2.24, 2.45) is 0 Å². The highest BCUT2D eigenvalue weighted by Crippen LogP contribution is 2.37. The fourth-order valence-electron chi connectivity index (χ4n) is 1.42. The molecule has 1 aromatic rings. The SMILES string of the molecule is COc1ccc(Br)c(C(=O)OC(C)(C)C)c1OC. The van der Waals surface area contributed by atoms with E-state index in [1.54, 1.807) is 12.1 Å². The Bertz CT molecular complexity index is 449. The monoisotopic (exact) mass is 316 g/mol. The summed E-state index contributed by atoms with van der Waals surface area (Å²) in [4.78, 5) is 12.1. The van der Waals surface area contributed by atoms with Crippen molar-refractivity contribution >= 4 is 21.9 Å². The van der Waals surface area contributed by atoms with Crippen LogP contribution in [0, 0.1) is 0 Å². The lowest BCUT2D eigenvalue weighted by Crippen LogP contribution is -2.24. The summed E-state index contributed by atoms with van der Waals surface area (Å²) in [5, 5.41) is 0. The summed E-state index contributed by atoms with van der Waals surface area (Å²) in [6.07, 6.45) is 0. The summed E-state index contributed by atoms with van der Waals surface area (Å²) < 4.78 is 16.3. The van der Waals surface area contributed by atoms with E-state index >= 15 is 0 Å². The second-order valence-corrected chi connectivity index (χ2v) is 5.51. The topological polar surface area (TPSA) is 44.8 Å². The summed E-state index contributed by atoms with van der Waals surface area (Å²) in [5.74, 6) is 0.396. The summed E-state index contributed by atoms with van der Waals surface area (Å²) in [6.45, 7) is 5.43. The average Bonchev–Trinajstić information content (AvgIpc) is 2.25. The van der Waals surface area contributed by atoms with Crippen molar-refractivity contribution in [3.05, 3.63) is 22.2 Å². The Balaban J connectivity index is 3.26. The van der Waals surface area contributed by atoms with Crippen LogP contribution in [0.3, 0.4) is 0 Å². The Labute approximate surface area is 115 Å². The van der Waals surface area contributed by atoms with E-state index in [1.165, 1.54) is 14.2 Å².